The normalized spacial score (nSPS) is 11.1. The van der Waals surface area contributed by atoms with Gasteiger partial charge in [-0.05, 0) is 47.3 Å². The number of hydrogen-bond acceptors (Lipinski definition) is 1. The molecule has 1 atom stereocenters. The Balaban J connectivity index is 0. The lowest BCUT2D eigenvalue weighted by atomic mass is 9.79. The second kappa shape index (κ2) is 19.2. The van der Waals surface area contributed by atoms with E-state index in [-0.39, 0.29) is 17.1 Å². The topological polar surface area (TPSA) is 17.1 Å². The molecule has 0 bridgehead atoms. The molecule has 0 aliphatic heterocycles. The Bertz CT molecular complexity index is 766. The first-order chi connectivity index (χ1) is 16.1. The van der Waals surface area contributed by atoms with Gasteiger partial charge in [-0.25, -0.2) is 0 Å². The van der Waals surface area contributed by atoms with Gasteiger partial charge in [0.15, 0.2) is 5.78 Å². The third-order valence-electron chi connectivity index (χ3n) is 5.87. The summed E-state index contributed by atoms with van der Waals surface area (Å²) in [4.78, 5) is 12.1. The van der Waals surface area contributed by atoms with E-state index in [0.717, 1.165) is 31.2 Å². The van der Waals surface area contributed by atoms with E-state index >= 15 is 0 Å². The van der Waals surface area contributed by atoms with Crippen molar-refractivity contribution < 1.29 is 4.79 Å². The van der Waals surface area contributed by atoms with Crippen LogP contribution in [0.15, 0.2) is 61.2 Å². The SMILES string of the molecule is C=C(c1ccccc1)C(C)(C)CC.CC.CC.CCCC(C)C(=O)c1ccc(CC(C)C)cc1. The van der Waals surface area contributed by atoms with Crippen molar-refractivity contribution in [1.29, 1.82) is 0 Å². The zero-order valence-electron chi connectivity index (χ0n) is 24.3. The third kappa shape index (κ3) is 12.9. The number of allylic oxidation sites excluding steroid dienone is 1. The van der Waals surface area contributed by atoms with Gasteiger partial charge >= 0.3 is 0 Å². The fraction of sp³-hybridized carbons (Fsp3) is 0.545. The minimum atomic E-state index is 0.149. The van der Waals surface area contributed by atoms with Crippen molar-refractivity contribution >= 4 is 11.4 Å². The third-order valence-corrected chi connectivity index (χ3v) is 5.87. The van der Waals surface area contributed by atoms with Gasteiger partial charge in [-0.2, -0.15) is 0 Å². The average molecular weight is 467 g/mol. The maximum absolute atomic E-state index is 12.1. The molecule has 2 aromatic rings. The van der Waals surface area contributed by atoms with E-state index in [4.69, 9.17) is 0 Å². The Kier molecular flexibility index (Phi) is 19.2. The molecule has 0 spiro atoms. The highest BCUT2D eigenvalue weighted by atomic mass is 16.1. The average Bonchev–Trinajstić information content (AvgIpc) is 2.86. The van der Waals surface area contributed by atoms with Crippen LogP contribution in [0.25, 0.3) is 5.57 Å². The Morgan fingerprint density at radius 1 is 0.824 bits per heavy atom. The first kappa shape index (κ1) is 34.0. The summed E-state index contributed by atoms with van der Waals surface area (Å²) in [7, 11) is 0. The summed E-state index contributed by atoms with van der Waals surface area (Å²) < 4.78 is 0. The molecule has 1 unspecified atom stereocenters. The Morgan fingerprint density at radius 2 is 1.32 bits per heavy atom. The molecule has 1 nitrogen and oxygen atoms in total. The Hall–Kier alpha value is -2.15. The van der Waals surface area contributed by atoms with E-state index < -0.39 is 0 Å². The molecule has 2 aromatic carbocycles. The summed E-state index contributed by atoms with van der Waals surface area (Å²) in [6, 6.07) is 18.5. The molecular formula is C33H54O. The van der Waals surface area contributed by atoms with Crippen LogP contribution in [0.3, 0.4) is 0 Å². The van der Waals surface area contributed by atoms with Crippen LogP contribution >= 0.6 is 0 Å². The minimum Gasteiger partial charge on any atom is -0.294 e. The number of carbonyl (C=O) groups is 1. The van der Waals surface area contributed by atoms with Gasteiger partial charge in [-0.3, -0.25) is 4.79 Å². The van der Waals surface area contributed by atoms with Gasteiger partial charge < -0.3 is 0 Å². The highest BCUT2D eigenvalue weighted by molar-refractivity contribution is 5.97. The van der Waals surface area contributed by atoms with Crippen molar-refractivity contribution in [3.8, 4) is 0 Å². The fourth-order valence-electron chi connectivity index (χ4n) is 3.37. The van der Waals surface area contributed by atoms with Crippen LogP contribution in [0.4, 0.5) is 0 Å². The number of ketones is 1. The summed E-state index contributed by atoms with van der Waals surface area (Å²) >= 11 is 0. The molecule has 0 aliphatic carbocycles. The first-order valence-corrected chi connectivity index (χ1v) is 13.5. The quantitative estimate of drug-likeness (QED) is 0.336. The fourth-order valence-corrected chi connectivity index (χ4v) is 3.37. The van der Waals surface area contributed by atoms with Crippen molar-refractivity contribution in [1.82, 2.24) is 0 Å². The van der Waals surface area contributed by atoms with Crippen molar-refractivity contribution in [2.45, 2.75) is 102 Å². The predicted molar refractivity (Wildman–Crippen MR) is 156 cm³/mol. The number of benzene rings is 2. The molecule has 192 valence electrons. The van der Waals surface area contributed by atoms with Crippen molar-refractivity contribution in [3.63, 3.8) is 0 Å². The molecule has 0 saturated heterocycles. The van der Waals surface area contributed by atoms with Crippen LogP contribution in [0, 0.1) is 17.3 Å². The standard InChI is InChI=1S/C16H24O.C13H18.2C2H6/c1-5-6-13(4)16(17)15-9-7-14(8-10-15)11-12(2)3;1-5-13(3,4)11(2)12-9-7-6-8-10-12;2*1-2/h7-10,12-13H,5-6,11H2,1-4H3;6-10H,2,5H2,1,3-4H3;2*1-2H3. The second-order valence-electron chi connectivity index (χ2n) is 9.43. The molecule has 0 saturated carbocycles. The summed E-state index contributed by atoms with van der Waals surface area (Å²) in [5, 5.41) is 0. The van der Waals surface area contributed by atoms with Gasteiger partial charge in [0.1, 0.15) is 0 Å². The van der Waals surface area contributed by atoms with Gasteiger partial charge in [0, 0.05) is 11.5 Å². The van der Waals surface area contributed by atoms with Crippen LogP contribution in [-0.2, 0) is 6.42 Å². The Morgan fingerprint density at radius 3 is 1.74 bits per heavy atom. The lowest BCUT2D eigenvalue weighted by Crippen LogP contribution is -2.11. The van der Waals surface area contributed by atoms with E-state index in [1.165, 1.54) is 16.7 Å². The van der Waals surface area contributed by atoms with Crippen molar-refractivity contribution in [3.05, 3.63) is 77.9 Å². The maximum Gasteiger partial charge on any atom is 0.165 e. The van der Waals surface area contributed by atoms with E-state index in [9.17, 15) is 4.79 Å². The van der Waals surface area contributed by atoms with Crippen molar-refractivity contribution in [2.75, 3.05) is 0 Å². The van der Waals surface area contributed by atoms with Gasteiger partial charge in [-0.1, -0.05) is 144 Å². The van der Waals surface area contributed by atoms with Crippen LogP contribution in [0.1, 0.15) is 117 Å². The highest BCUT2D eigenvalue weighted by Gasteiger charge is 2.19. The van der Waals surface area contributed by atoms with E-state index in [0.29, 0.717) is 5.92 Å². The maximum atomic E-state index is 12.1. The minimum absolute atomic E-state index is 0.149. The smallest absolute Gasteiger partial charge is 0.165 e. The molecule has 0 radical (unpaired) electrons. The number of rotatable bonds is 9. The predicted octanol–water partition coefficient (Wildman–Crippen LogP) is 10.7. The van der Waals surface area contributed by atoms with Gasteiger partial charge in [0.25, 0.3) is 0 Å². The van der Waals surface area contributed by atoms with E-state index in [1.54, 1.807) is 0 Å². The van der Waals surface area contributed by atoms with Crippen LogP contribution < -0.4 is 0 Å². The molecule has 34 heavy (non-hydrogen) atoms. The monoisotopic (exact) mass is 466 g/mol. The Labute approximate surface area is 213 Å². The number of hydrogen-bond donors (Lipinski definition) is 0. The highest BCUT2D eigenvalue weighted by Crippen LogP contribution is 2.35. The molecule has 0 amide bonds. The second-order valence-corrected chi connectivity index (χ2v) is 9.43. The van der Waals surface area contributed by atoms with Crippen molar-refractivity contribution in [2.24, 2.45) is 17.3 Å². The molecule has 0 N–H and O–H groups in total. The molecule has 0 aliphatic rings. The number of carbonyl (C=O) groups excluding carboxylic acids is 1. The zero-order chi connectivity index (χ0) is 26.7. The molecule has 0 heterocycles. The summed E-state index contributed by atoms with van der Waals surface area (Å²) in [5.41, 5.74) is 4.88. The zero-order valence-corrected chi connectivity index (χ0v) is 24.3. The summed E-state index contributed by atoms with van der Waals surface area (Å²) in [6.45, 7) is 27.4. The molecule has 1 heteroatoms. The van der Waals surface area contributed by atoms with E-state index in [2.05, 4.69) is 84.5 Å². The van der Waals surface area contributed by atoms with Crippen LogP contribution in [0.2, 0.25) is 0 Å². The lowest BCUT2D eigenvalue weighted by Gasteiger charge is -2.25. The molecule has 0 fully saturated rings. The summed E-state index contributed by atoms with van der Waals surface area (Å²) in [6.07, 6.45) is 4.25. The molecule has 0 aromatic heterocycles. The first-order valence-electron chi connectivity index (χ1n) is 13.5. The molecular weight excluding hydrogens is 412 g/mol. The largest absolute Gasteiger partial charge is 0.294 e. The van der Waals surface area contributed by atoms with Gasteiger partial charge in [0.05, 0.1) is 0 Å². The molecule has 2 rings (SSSR count). The van der Waals surface area contributed by atoms with Gasteiger partial charge in [0.2, 0.25) is 0 Å². The van der Waals surface area contributed by atoms with Crippen LogP contribution in [0.5, 0.6) is 0 Å². The summed E-state index contributed by atoms with van der Waals surface area (Å²) in [5.74, 6) is 1.09. The van der Waals surface area contributed by atoms with E-state index in [1.807, 2.05) is 52.8 Å². The lowest BCUT2D eigenvalue weighted by molar-refractivity contribution is 0.0923. The van der Waals surface area contributed by atoms with Gasteiger partial charge in [-0.15, -0.1) is 0 Å². The number of Topliss-reactive ketones (excluding diaryl/α,β-unsaturated/α-hetero) is 1. The van der Waals surface area contributed by atoms with Crippen LogP contribution in [-0.4, -0.2) is 5.78 Å².